The first-order valence-corrected chi connectivity index (χ1v) is 6.80. The van der Waals surface area contributed by atoms with Crippen LogP contribution in [0.4, 0.5) is 11.5 Å². The summed E-state index contributed by atoms with van der Waals surface area (Å²) in [6, 6.07) is 0.577. The Labute approximate surface area is 113 Å². The normalized spacial score (nSPS) is 19.8. The lowest BCUT2D eigenvalue weighted by molar-refractivity contribution is 0.232. The van der Waals surface area contributed by atoms with Crippen molar-refractivity contribution in [1.82, 2.24) is 14.9 Å². The molecule has 1 unspecified atom stereocenters. The zero-order chi connectivity index (χ0) is 13.1. The highest BCUT2D eigenvalue weighted by molar-refractivity contribution is 6.28. The number of rotatable bonds is 4. The maximum absolute atomic E-state index is 5.92. The van der Waals surface area contributed by atoms with Gasteiger partial charge in [-0.05, 0) is 31.1 Å². The molecule has 1 aromatic rings. The van der Waals surface area contributed by atoms with E-state index in [1.807, 2.05) is 0 Å². The number of hydrogen-bond acceptors (Lipinski definition) is 5. The Hall–Kier alpha value is -1.07. The Balaban J connectivity index is 2.10. The van der Waals surface area contributed by atoms with Crippen molar-refractivity contribution in [1.29, 1.82) is 0 Å². The molecule has 0 spiro atoms. The van der Waals surface area contributed by atoms with Crippen molar-refractivity contribution in [2.75, 3.05) is 36.8 Å². The van der Waals surface area contributed by atoms with Gasteiger partial charge in [-0.3, -0.25) is 4.90 Å². The lowest BCUT2D eigenvalue weighted by atomic mass is 10.2. The molecule has 2 heterocycles. The van der Waals surface area contributed by atoms with Crippen molar-refractivity contribution in [3.63, 3.8) is 0 Å². The highest BCUT2D eigenvalue weighted by Gasteiger charge is 2.28. The highest BCUT2D eigenvalue weighted by atomic mass is 35.5. The van der Waals surface area contributed by atoms with E-state index in [0.29, 0.717) is 11.7 Å². The Morgan fingerprint density at radius 2 is 2.22 bits per heavy atom. The van der Waals surface area contributed by atoms with Gasteiger partial charge in [0.15, 0.2) is 5.82 Å². The monoisotopic (exact) mass is 269 g/mol. The molecular formula is C12H20ClN5. The topological polar surface area (TPSA) is 58.3 Å². The molecule has 0 aromatic carbocycles. The predicted molar refractivity (Wildman–Crippen MR) is 75.0 cm³/mol. The quantitative estimate of drug-likeness (QED) is 0.842. The van der Waals surface area contributed by atoms with Crippen molar-refractivity contribution >= 4 is 23.1 Å². The van der Waals surface area contributed by atoms with Gasteiger partial charge in [0, 0.05) is 19.1 Å². The molecule has 1 aromatic heterocycles. The predicted octanol–water partition coefficient (Wildman–Crippen LogP) is 1.63. The van der Waals surface area contributed by atoms with Gasteiger partial charge in [-0.25, -0.2) is 4.98 Å². The van der Waals surface area contributed by atoms with Gasteiger partial charge in [0.05, 0.1) is 11.9 Å². The Kier molecular flexibility index (Phi) is 4.24. The molecular weight excluding hydrogens is 250 g/mol. The van der Waals surface area contributed by atoms with Crippen LogP contribution < -0.4 is 10.6 Å². The van der Waals surface area contributed by atoms with Gasteiger partial charge in [0.1, 0.15) is 0 Å². The molecule has 1 atom stereocenters. The van der Waals surface area contributed by atoms with Crippen LogP contribution in [-0.2, 0) is 0 Å². The zero-order valence-electron chi connectivity index (χ0n) is 10.9. The van der Waals surface area contributed by atoms with Gasteiger partial charge in [-0.1, -0.05) is 13.8 Å². The summed E-state index contributed by atoms with van der Waals surface area (Å²) in [6.07, 6.45) is 2.72. The maximum Gasteiger partial charge on any atom is 0.224 e. The molecule has 0 radical (unpaired) electrons. The van der Waals surface area contributed by atoms with Crippen LogP contribution in [0.3, 0.4) is 0 Å². The molecule has 1 aliphatic rings. The first kappa shape index (κ1) is 13.4. The molecule has 18 heavy (non-hydrogen) atoms. The minimum atomic E-state index is 0.255. The smallest absolute Gasteiger partial charge is 0.224 e. The average molecular weight is 270 g/mol. The van der Waals surface area contributed by atoms with Crippen LogP contribution in [0, 0.1) is 0 Å². The number of nitrogens with zero attached hydrogens (tertiary/aromatic N) is 4. The SMILES string of the molecule is CCN(CC)C1CCN(c2nc(Cl)ncc2N)C1. The first-order valence-electron chi connectivity index (χ1n) is 6.42. The molecule has 0 saturated carbocycles. The Morgan fingerprint density at radius 3 is 2.89 bits per heavy atom. The summed E-state index contributed by atoms with van der Waals surface area (Å²) in [5.41, 5.74) is 6.51. The van der Waals surface area contributed by atoms with E-state index in [4.69, 9.17) is 17.3 Å². The fraction of sp³-hybridized carbons (Fsp3) is 0.667. The average Bonchev–Trinajstić information content (AvgIpc) is 2.83. The van der Waals surface area contributed by atoms with Gasteiger partial charge < -0.3 is 10.6 Å². The summed E-state index contributed by atoms with van der Waals surface area (Å²) < 4.78 is 0. The number of aromatic nitrogens is 2. The van der Waals surface area contributed by atoms with Crippen molar-refractivity contribution in [2.45, 2.75) is 26.3 Å². The van der Waals surface area contributed by atoms with Crippen molar-refractivity contribution in [3.8, 4) is 0 Å². The van der Waals surface area contributed by atoms with Crippen LogP contribution in [0.25, 0.3) is 0 Å². The summed E-state index contributed by atoms with van der Waals surface area (Å²) in [6.45, 7) is 8.48. The minimum Gasteiger partial charge on any atom is -0.394 e. The molecule has 0 amide bonds. The van der Waals surface area contributed by atoms with Crippen LogP contribution in [0.1, 0.15) is 20.3 Å². The first-order chi connectivity index (χ1) is 8.65. The fourth-order valence-corrected chi connectivity index (χ4v) is 2.72. The molecule has 1 fully saturated rings. The van der Waals surface area contributed by atoms with E-state index in [1.54, 1.807) is 6.20 Å². The second-order valence-corrected chi connectivity index (χ2v) is 4.87. The van der Waals surface area contributed by atoms with Crippen molar-refractivity contribution < 1.29 is 0 Å². The maximum atomic E-state index is 5.92. The largest absolute Gasteiger partial charge is 0.394 e. The third-order valence-corrected chi connectivity index (χ3v) is 3.74. The van der Waals surface area contributed by atoms with Gasteiger partial charge in [-0.2, -0.15) is 4.98 Å². The number of halogens is 1. The summed E-state index contributed by atoms with van der Waals surface area (Å²) in [5, 5.41) is 0.255. The lowest BCUT2D eigenvalue weighted by Crippen LogP contribution is -2.37. The molecule has 100 valence electrons. The zero-order valence-corrected chi connectivity index (χ0v) is 11.7. The van der Waals surface area contributed by atoms with Crippen molar-refractivity contribution in [3.05, 3.63) is 11.5 Å². The molecule has 1 aliphatic heterocycles. The molecule has 2 N–H and O–H groups in total. The summed E-state index contributed by atoms with van der Waals surface area (Å²) in [5.74, 6) is 0.768. The van der Waals surface area contributed by atoms with Crippen LogP contribution in [0.5, 0.6) is 0 Å². The van der Waals surface area contributed by atoms with E-state index in [1.165, 1.54) is 0 Å². The summed E-state index contributed by atoms with van der Waals surface area (Å²) in [4.78, 5) is 12.8. The van der Waals surface area contributed by atoms with E-state index < -0.39 is 0 Å². The number of nitrogens with two attached hydrogens (primary N) is 1. The fourth-order valence-electron chi connectivity index (χ4n) is 2.59. The molecule has 6 heteroatoms. The van der Waals surface area contributed by atoms with E-state index in [9.17, 15) is 0 Å². The van der Waals surface area contributed by atoms with Gasteiger partial charge in [-0.15, -0.1) is 0 Å². The standard InChI is InChI=1S/C12H20ClN5/c1-3-17(4-2)9-5-6-18(8-9)11-10(14)7-15-12(13)16-11/h7,9H,3-6,8,14H2,1-2H3. The number of hydrogen-bond donors (Lipinski definition) is 1. The number of anilines is 2. The van der Waals surface area contributed by atoms with Gasteiger partial charge in [0.25, 0.3) is 0 Å². The summed E-state index contributed by atoms with van der Waals surface area (Å²) in [7, 11) is 0. The molecule has 5 nitrogen and oxygen atoms in total. The van der Waals surface area contributed by atoms with Gasteiger partial charge in [0.2, 0.25) is 5.28 Å². The second kappa shape index (κ2) is 5.71. The van der Waals surface area contributed by atoms with Crippen LogP contribution in [0.15, 0.2) is 6.20 Å². The van der Waals surface area contributed by atoms with Crippen LogP contribution >= 0.6 is 11.6 Å². The van der Waals surface area contributed by atoms with E-state index in [0.717, 1.165) is 38.4 Å². The third-order valence-electron chi connectivity index (χ3n) is 3.56. The van der Waals surface area contributed by atoms with E-state index in [2.05, 4.69) is 33.6 Å². The van der Waals surface area contributed by atoms with Gasteiger partial charge >= 0.3 is 0 Å². The molecule has 1 saturated heterocycles. The minimum absolute atomic E-state index is 0.255. The number of nitrogen functional groups attached to an aromatic ring is 1. The Bertz CT molecular complexity index is 407. The van der Waals surface area contributed by atoms with Crippen LogP contribution in [-0.4, -0.2) is 47.1 Å². The highest BCUT2D eigenvalue weighted by Crippen LogP contribution is 2.26. The van der Waals surface area contributed by atoms with E-state index in [-0.39, 0.29) is 5.28 Å². The molecule has 0 aliphatic carbocycles. The molecule has 0 bridgehead atoms. The number of likely N-dealkylation sites (N-methyl/N-ethyl adjacent to an activating group) is 1. The van der Waals surface area contributed by atoms with Crippen LogP contribution in [0.2, 0.25) is 5.28 Å². The lowest BCUT2D eigenvalue weighted by Gasteiger charge is -2.26. The molecule has 2 rings (SSSR count). The third kappa shape index (κ3) is 2.67. The van der Waals surface area contributed by atoms with Crippen molar-refractivity contribution in [2.24, 2.45) is 0 Å². The summed E-state index contributed by atoms with van der Waals surface area (Å²) >= 11 is 5.83. The van der Waals surface area contributed by atoms with E-state index >= 15 is 0 Å². The second-order valence-electron chi connectivity index (χ2n) is 4.53. The Morgan fingerprint density at radius 1 is 1.50 bits per heavy atom.